The van der Waals surface area contributed by atoms with Gasteiger partial charge in [-0.25, -0.2) is 9.97 Å². The molecule has 1 aliphatic rings. The van der Waals surface area contributed by atoms with Crippen LogP contribution in [-0.4, -0.2) is 28.5 Å². The van der Waals surface area contributed by atoms with Gasteiger partial charge >= 0.3 is 0 Å². The van der Waals surface area contributed by atoms with E-state index in [1.807, 2.05) is 30.3 Å². The highest BCUT2D eigenvalue weighted by atomic mass is 35.5. The molecule has 0 spiro atoms. The highest BCUT2D eigenvalue weighted by molar-refractivity contribution is 6.32. The van der Waals surface area contributed by atoms with Crippen LogP contribution in [0.4, 0.5) is 5.95 Å². The van der Waals surface area contributed by atoms with E-state index in [0.717, 1.165) is 23.1 Å². The van der Waals surface area contributed by atoms with Gasteiger partial charge in [-0.15, -0.1) is 0 Å². The normalized spacial score (nSPS) is 16.6. The molecule has 2 N–H and O–H groups in total. The van der Waals surface area contributed by atoms with E-state index in [-0.39, 0.29) is 11.9 Å². The van der Waals surface area contributed by atoms with Crippen molar-refractivity contribution < 1.29 is 4.79 Å². The summed E-state index contributed by atoms with van der Waals surface area (Å²) >= 11 is 6.38. The molecule has 1 fully saturated rings. The molecule has 1 aliphatic heterocycles. The SMILES string of the molecule is O=C1CCC(Nc2ncc(Cl)c(-c3cccc(-c4ccccc4)c3)n2)CN1. The number of amides is 1. The summed E-state index contributed by atoms with van der Waals surface area (Å²) in [5, 5.41) is 6.64. The Morgan fingerprint density at radius 2 is 1.81 bits per heavy atom. The molecule has 1 atom stereocenters. The molecule has 0 bridgehead atoms. The zero-order valence-corrected chi connectivity index (χ0v) is 15.4. The number of aromatic nitrogens is 2. The maximum Gasteiger partial charge on any atom is 0.223 e. The number of nitrogens with one attached hydrogen (secondary N) is 2. The van der Waals surface area contributed by atoms with E-state index in [1.54, 1.807) is 6.20 Å². The Balaban J connectivity index is 1.61. The Hall–Kier alpha value is -2.92. The molecule has 6 heteroatoms. The Kier molecular flexibility index (Phi) is 5.03. The molecule has 1 unspecified atom stereocenters. The van der Waals surface area contributed by atoms with Crippen LogP contribution in [0.1, 0.15) is 12.8 Å². The van der Waals surface area contributed by atoms with Crippen LogP contribution < -0.4 is 10.6 Å². The largest absolute Gasteiger partial charge is 0.354 e. The van der Waals surface area contributed by atoms with Gasteiger partial charge in [0.1, 0.15) is 0 Å². The predicted molar refractivity (Wildman–Crippen MR) is 108 cm³/mol. The van der Waals surface area contributed by atoms with E-state index >= 15 is 0 Å². The van der Waals surface area contributed by atoms with Crippen LogP contribution in [0.5, 0.6) is 0 Å². The quantitative estimate of drug-likeness (QED) is 0.715. The minimum atomic E-state index is 0.0866. The summed E-state index contributed by atoms with van der Waals surface area (Å²) in [7, 11) is 0. The number of anilines is 1. The molecular weight excluding hydrogens is 360 g/mol. The fourth-order valence-electron chi connectivity index (χ4n) is 3.15. The monoisotopic (exact) mass is 378 g/mol. The van der Waals surface area contributed by atoms with E-state index in [2.05, 4.69) is 44.9 Å². The second-order valence-electron chi connectivity index (χ2n) is 6.52. The van der Waals surface area contributed by atoms with Gasteiger partial charge in [-0.1, -0.05) is 60.1 Å². The molecule has 27 heavy (non-hydrogen) atoms. The molecule has 0 saturated carbocycles. The minimum Gasteiger partial charge on any atom is -0.354 e. The van der Waals surface area contributed by atoms with Crippen molar-refractivity contribution in [2.45, 2.75) is 18.9 Å². The first-order chi connectivity index (χ1) is 13.2. The molecule has 2 aromatic carbocycles. The number of nitrogens with zero attached hydrogens (tertiary/aromatic N) is 2. The predicted octanol–water partition coefficient (Wildman–Crippen LogP) is 4.15. The summed E-state index contributed by atoms with van der Waals surface area (Å²) < 4.78 is 0. The van der Waals surface area contributed by atoms with Crippen molar-refractivity contribution in [2.24, 2.45) is 0 Å². The van der Waals surface area contributed by atoms with Gasteiger partial charge in [0.25, 0.3) is 0 Å². The van der Waals surface area contributed by atoms with Crippen molar-refractivity contribution in [3.63, 3.8) is 0 Å². The Morgan fingerprint density at radius 3 is 2.59 bits per heavy atom. The van der Waals surface area contributed by atoms with Crippen LogP contribution in [0.25, 0.3) is 22.4 Å². The highest BCUT2D eigenvalue weighted by Gasteiger charge is 2.19. The van der Waals surface area contributed by atoms with E-state index in [0.29, 0.717) is 29.6 Å². The third-order valence-electron chi connectivity index (χ3n) is 4.59. The number of benzene rings is 2. The fraction of sp³-hybridized carbons (Fsp3) is 0.190. The summed E-state index contributed by atoms with van der Waals surface area (Å²) in [5.74, 6) is 0.601. The smallest absolute Gasteiger partial charge is 0.223 e. The molecule has 4 rings (SSSR count). The van der Waals surface area contributed by atoms with Crippen LogP contribution >= 0.6 is 11.6 Å². The van der Waals surface area contributed by atoms with Crippen LogP contribution in [-0.2, 0) is 4.79 Å². The first-order valence-electron chi connectivity index (χ1n) is 8.91. The van der Waals surface area contributed by atoms with Crippen molar-refractivity contribution in [2.75, 3.05) is 11.9 Å². The van der Waals surface area contributed by atoms with Crippen molar-refractivity contribution in [1.82, 2.24) is 15.3 Å². The van der Waals surface area contributed by atoms with Gasteiger partial charge in [-0.2, -0.15) is 0 Å². The number of piperidine rings is 1. The third kappa shape index (κ3) is 4.09. The number of carbonyl (C=O) groups excluding carboxylic acids is 1. The van der Waals surface area contributed by atoms with Gasteiger partial charge in [0.05, 0.1) is 16.9 Å². The summed E-state index contributed by atoms with van der Waals surface area (Å²) in [4.78, 5) is 20.2. The molecule has 136 valence electrons. The topological polar surface area (TPSA) is 66.9 Å². The van der Waals surface area contributed by atoms with Crippen LogP contribution in [0, 0.1) is 0 Å². The van der Waals surface area contributed by atoms with E-state index in [9.17, 15) is 4.79 Å². The zero-order valence-electron chi connectivity index (χ0n) is 14.7. The summed E-state index contributed by atoms with van der Waals surface area (Å²) in [5.41, 5.74) is 3.86. The lowest BCUT2D eigenvalue weighted by molar-refractivity contribution is -0.122. The molecule has 3 aromatic rings. The van der Waals surface area contributed by atoms with E-state index < -0.39 is 0 Å². The van der Waals surface area contributed by atoms with Gasteiger partial charge < -0.3 is 10.6 Å². The number of hydrogen-bond donors (Lipinski definition) is 2. The zero-order chi connectivity index (χ0) is 18.6. The van der Waals surface area contributed by atoms with Gasteiger partial charge in [-0.05, 0) is 23.6 Å². The van der Waals surface area contributed by atoms with E-state index in [4.69, 9.17) is 11.6 Å². The van der Waals surface area contributed by atoms with Gasteiger partial charge in [0.2, 0.25) is 11.9 Å². The number of rotatable bonds is 4. The molecule has 2 heterocycles. The average Bonchev–Trinajstić information content (AvgIpc) is 2.72. The van der Waals surface area contributed by atoms with Crippen molar-refractivity contribution in [3.8, 4) is 22.4 Å². The molecule has 1 saturated heterocycles. The highest BCUT2D eigenvalue weighted by Crippen LogP contribution is 2.30. The Bertz CT molecular complexity index is 951. The Morgan fingerprint density at radius 1 is 1.04 bits per heavy atom. The second-order valence-corrected chi connectivity index (χ2v) is 6.93. The summed E-state index contributed by atoms with van der Waals surface area (Å²) in [6.45, 7) is 0.573. The molecule has 1 aromatic heterocycles. The lowest BCUT2D eigenvalue weighted by Gasteiger charge is -2.23. The van der Waals surface area contributed by atoms with Crippen LogP contribution in [0.3, 0.4) is 0 Å². The fourth-order valence-corrected chi connectivity index (χ4v) is 3.35. The number of halogens is 1. The van der Waals surface area contributed by atoms with Gasteiger partial charge in [-0.3, -0.25) is 4.79 Å². The van der Waals surface area contributed by atoms with E-state index in [1.165, 1.54) is 0 Å². The van der Waals surface area contributed by atoms with Crippen molar-refractivity contribution in [1.29, 1.82) is 0 Å². The van der Waals surface area contributed by atoms with Gasteiger partial charge in [0.15, 0.2) is 0 Å². The molecule has 0 radical (unpaired) electrons. The number of hydrogen-bond acceptors (Lipinski definition) is 4. The first-order valence-corrected chi connectivity index (χ1v) is 9.28. The van der Waals surface area contributed by atoms with Crippen LogP contribution in [0.2, 0.25) is 5.02 Å². The average molecular weight is 379 g/mol. The standard InChI is InChI=1S/C21H19ClN4O/c22-18-13-24-21(25-17-9-10-19(27)23-12-17)26-20(18)16-8-4-7-15(11-16)14-5-2-1-3-6-14/h1-8,11,13,17H,9-10,12H2,(H,23,27)(H,24,25,26). The summed E-state index contributed by atoms with van der Waals surface area (Å²) in [6.07, 6.45) is 2.89. The minimum absolute atomic E-state index is 0.0866. The molecule has 5 nitrogen and oxygen atoms in total. The Labute approximate surface area is 162 Å². The molecular formula is C21H19ClN4O. The second kappa shape index (κ2) is 7.76. The lowest BCUT2D eigenvalue weighted by Crippen LogP contribution is -2.42. The molecule has 0 aliphatic carbocycles. The number of carbonyl (C=O) groups is 1. The maximum atomic E-state index is 11.3. The van der Waals surface area contributed by atoms with Crippen molar-refractivity contribution in [3.05, 3.63) is 65.8 Å². The van der Waals surface area contributed by atoms with Crippen molar-refractivity contribution >= 4 is 23.5 Å². The third-order valence-corrected chi connectivity index (χ3v) is 4.86. The van der Waals surface area contributed by atoms with Crippen LogP contribution in [0.15, 0.2) is 60.8 Å². The lowest BCUT2D eigenvalue weighted by atomic mass is 10.0. The summed E-state index contributed by atoms with van der Waals surface area (Å²) in [6, 6.07) is 18.4. The van der Waals surface area contributed by atoms with Gasteiger partial charge in [0, 0.05) is 24.6 Å². The maximum absolute atomic E-state index is 11.3. The molecule has 1 amide bonds. The first kappa shape index (κ1) is 17.5.